The number of H-pyrrole nitrogens is 1. The highest BCUT2D eigenvalue weighted by molar-refractivity contribution is 8.00. The van der Waals surface area contributed by atoms with Gasteiger partial charge in [-0.25, -0.2) is 13.4 Å². The Morgan fingerprint density at radius 2 is 2.12 bits per heavy atom. The minimum Gasteiger partial charge on any atom is -0.333 e. The zero-order valence-corrected chi connectivity index (χ0v) is 10.4. The molecule has 1 heterocycles. The zero-order chi connectivity index (χ0) is 11.6. The summed E-state index contributed by atoms with van der Waals surface area (Å²) in [6.45, 7) is 0. The Morgan fingerprint density at radius 1 is 1.38 bits per heavy atom. The van der Waals surface area contributed by atoms with E-state index >= 15 is 0 Å². The molecule has 0 aliphatic rings. The normalized spacial score (nSPS) is 12.1. The Hall–Kier alpha value is -1.01. The average Bonchev–Trinajstić information content (AvgIpc) is 2.57. The van der Waals surface area contributed by atoms with Crippen LogP contribution in [0.2, 0.25) is 0 Å². The lowest BCUT2D eigenvalue weighted by Crippen LogP contribution is -2.04. The molecule has 1 aromatic carbocycles. The summed E-state index contributed by atoms with van der Waals surface area (Å²) in [5.41, 5.74) is 1.88. The van der Waals surface area contributed by atoms with Gasteiger partial charge in [0.2, 0.25) is 0 Å². The van der Waals surface area contributed by atoms with Crippen LogP contribution in [0.15, 0.2) is 29.4 Å². The Morgan fingerprint density at radius 3 is 2.81 bits per heavy atom. The molecule has 6 heteroatoms. The van der Waals surface area contributed by atoms with Crippen LogP contribution >= 0.6 is 11.8 Å². The fourth-order valence-electron chi connectivity index (χ4n) is 1.29. The third-order valence-corrected chi connectivity index (χ3v) is 4.14. The van der Waals surface area contributed by atoms with Gasteiger partial charge in [0.25, 0.3) is 0 Å². The first-order valence-electron chi connectivity index (χ1n) is 4.80. The molecule has 0 atom stereocenters. The second-order valence-electron chi connectivity index (χ2n) is 3.54. The number of imidazole rings is 1. The van der Waals surface area contributed by atoms with E-state index in [1.807, 2.05) is 24.3 Å². The SMILES string of the molecule is CS(=O)(=O)CCSc1nc2ccccc2[nH]1. The van der Waals surface area contributed by atoms with E-state index in [0.29, 0.717) is 5.75 Å². The van der Waals surface area contributed by atoms with Crippen molar-refractivity contribution in [3.63, 3.8) is 0 Å². The van der Waals surface area contributed by atoms with Gasteiger partial charge in [-0.3, -0.25) is 0 Å². The molecule has 0 saturated carbocycles. The molecule has 0 spiro atoms. The van der Waals surface area contributed by atoms with Crippen LogP contribution in [0.1, 0.15) is 0 Å². The van der Waals surface area contributed by atoms with Crippen LogP contribution < -0.4 is 0 Å². The molecule has 1 aromatic heterocycles. The van der Waals surface area contributed by atoms with Crippen molar-refractivity contribution in [1.29, 1.82) is 0 Å². The molecule has 2 rings (SSSR count). The highest BCUT2D eigenvalue weighted by Crippen LogP contribution is 2.18. The average molecular weight is 256 g/mol. The number of thioether (sulfide) groups is 1. The summed E-state index contributed by atoms with van der Waals surface area (Å²) in [7, 11) is -2.89. The summed E-state index contributed by atoms with van der Waals surface area (Å²) in [5.74, 6) is 0.702. The van der Waals surface area contributed by atoms with E-state index in [9.17, 15) is 8.42 Å². The lowest BCUT2D eigenvalue weighted by molar-refractivity contribution is 0.603. The topological polar surface area (TPSA) is 62.8 Å². The fourth-order valence-corrected chi connectivity index (χ4v) is 3.37. The van der Waals surface area contributed by atoms with Gasteiger partial charge in [-0.05, 0) is 12.1 Å². The summed E-state index contributed by atoms with van der Waals surface area (Å²) in [6, 6.07) is 7.73. The summed E-state index contributed by atoms with van der Waals surface area (Å²) in [4.78, 5) is 7.48. The zero-order valence-electron chi connectivity index (χ0n) is 8.80. The third kappa shape index (κ3) is 2.99. The lowest BCUT2D eigenvalue weighted by atomic mass is 10.3. The molecule has 86 valence electrons. The Bertz CT molecular complexity index is 557. The molecule has 0 amide bonds. The van der Waals surface area contributed by atoms with Gasteiger partial charge in [0, 0.05) is 12.0 Å². The molecule has 0 unspecified atom stereocenters. The number of nitrogens with one attached hydrogen (secondary N) is 1. The molecule has 0 fully saturated rings. The fraction of sp³-hybridized carbons (Fsp3) is 0.300. The largest absolute Gasteiger partial charge is 0.333 e. The Kier molecular flexibility index (Phi) is 3.20. The van der Waals surface area contributed by atoms with Crippen molar-refractivity contribution >= 4 is 32.6 Å². The molecule has 2 aromatic rings. The first kappa shape index (κ1) is 11.5. The number of fused-ring (bicyclic) bond motifs is 1. The second-order valence-corrected chi connectivity index (χ2v) is 6.88. The number of hydrogen-bond acceptors (Lipinski definition) is 4. The summed E-state index contributed by atoms with van der Waals surface area (Å²) >= 11 is 1.43. The predicted molar refractivity (Wildman–Crippen MR) is 66.5 cm³/mol. The smallest absolute Gasteiger partial charge is 0.166 e. The minimum absolute atomic E-state index is 0.175. The van der Waals surface area contributed by atoms with Crippen molar-refractivity contribution in [3.05, 3.63) is 24.3 Å². The maximum absolute atomic E-state index is 10.9. The number of rotatable bonds is 4. The van der Waals surface area contributed by atoms with Crippen molar-refractivity contribution in [1.82, 2.24) is 9.97 Å². The molecule has 16 heavy (non-hydrogen) atoms. The van der Waals surface area contributed by atoms with Gasteiger partial charge in [0.05, 0.1) is 16.8 Å². The molecule has 4 nitrogen and oxygen atoms in total. The molecule has 0 aliphatic heterocycles. The van der Waals surface area contributed by atoms with Gasteiger partial charge in [0.1, 0.15) is 9.84 Å². The number of nitrogens with zero attached hydrogens (tertiary/aromatic N) is 1. The van der Waals surface area contributed by atoms with Gasteiger partial charge in [0.15, 0.2) is 5.16 Å². The van der Waals surface area contributed by atoms with Crippen LogP contribution in [-0.4, -0.2) is 36.1 Å². The van der Waals surface area contributed by atoms with Crippen molar-refractivity contribution in [2.45, 2.75) is 5.16 Å². The van der Waals surface area contributed by atoms with Crippen molar-refractivity contribution in [2.75, 3.05) is 17.8 Å². The van der Waals surface area contributed by atoms with Gasteiger partial charge in [-0.2, -0.15) is 0 Å². The van der Waals surface area contributed by atoms with Crippen molar-refractivity contribution in [3.8, 4) is 0 Å². The number of para-hydroxylation sites is 2. The maximum atomic E-state index is 10.9. The van der Waals surface area contributed by atoms with E-state index in [2.05, 4.69) is 9.97 Å². The first-order chi connectivity index (χ1) is 7.54. The summed E-state index contributed by atoms with van der Waals surface area (Å²) in [5, 5.41) is 0.768. The van der Waals surface area contributed by atoms with Crippen molar-refractivity contribution < 1.29 is 8.42 Å². The summed E-state index contributed by atoms with van der Waals surface area (Å²) < 4.78 is 21.9. The second kappa shape index (κ2) is 4.47. The maximum Gasteiger partial charge on any atom is 0.166 e. The first-order valence-corrected chi connectivity index (χ1v) is 7.84. The van der Waals surface area contributed by atoms with E-state index in [0.717, 1.165) is 16.2 Å². The standard InChI is InChI=1S/C10H12N2O2S2/c1-16(13,14)7-6-15-10-11-8-4-2-3-5-9(8)12-10/h2-5H,6-7H2,1H3,(H,11,12). The Balaban J connectivity index is 2.05. The number of aromatic amines is 1. The van der Waals surface area contributed by atoms with Gasteiger partial charge >= 0.3 is 0 Å². The highest BCUT2D eigenvalue weighted by Gasteiger charge is 2.05. The third-order valence-electron chi connectivity index (χ3n) is 2.06. The van der Waals surface area contributed by atoms with Gasteiger partial charge in [-0.1, -0.05) is 23.9 Å². The van der Waals surface area contributed by atoms with Gasteiger partial charge in [-0.15, -0.1) is 0 Å². The summed E-state index contributed by atoms with van der Waals surface area (Å²) in [6.07, 6.45) is 1.24. The predicted octanol–water partition coefficient (Wildman–Crippen LogP) is 1.70. The molecular weight excluding hydrogens is 244 g/mol. The van der Waals surface area contributed by atoms with E-state index in [-0.39, 0.29) is 5.75 Å². The molecule has 0 aliphatic carbocycles. The monoisotopic (exact) mass is 256 g/mol. The molecule has 0 bridgehead atoms. The number of sulfone groups is 1. The van der Waals surface area contributed by atoms with Gasteiger partial charge < -0.3 is 4.98 Å². The van der Waals surface area contributed by atoms with E-state index < -0.39 is 9.84 Å². The molecule has 0 saturated heterocycles. The number of benzene rings is 1. The van der Waals surface area contributed by atoms with Crippen LogP contribution in [0.3, 0.4) is 0 Å². The van der Waals surface area contributed by atoms with Crippen molar-refractivity contribution in [2.24, 2.45) is 0 Å². The quantitative estimate of drug-likeness (QED) is 0.846. The molecular formula is C10H12N2O2S2. The highest BCUT2D eigenvalue weighted by atomic mass is 32.2. The minimum atomic E-state index is -2.89. The number of hydrogen-bond donors (Lipinski definition) is 1. The lowest BCUT2D eigenvalue weighted by Gasteiger charge is -1.95. The van der Waals surface area contributed by atoms with E-state index in [1.165, 1.54) is 18.0 Å². The van der Waals surface area contributed by atoms with Crippen LogP contribution in [0.5, 0.6) is 0 Å². The van der Waals surface area contributed by atoms with Crippen LogP contribution in [0.25, 0.3) is 11.0 Å². The van der Waals surface area contributed by atoms with Crippen LogP contribution in [0, 0.1) is 0 Å². The van der Waals surface area contributed by atoms with E-state index in [4.69, 9.17) is 0 Å². The van der Waals surface area contributed by atoms with E-state index in [1.54, 1.807) is 0 Å². The van der Waals surface area contributed by atoms with Crippen LogP contribution in [-0.2, 0) is 9.84 Å². The van der Waals surface area contributed by atoms with Crippen LogP contribution in [0.4, 0.5) is 0 Å². The molecule has 0 radical (unpaired) electrons. The Labute approximate surface area is 98.4 Å². The number of aromatic nitrogens is 2. The molecule has 1 N–H and O–H groups in total.